The van der Waals surface area contributed by atoms with Gasteiger partial charge in [0.25, 0.3) is 0 Å². The quantitative estimate of drug-likeness (QED) is 0.807. The average Bonchev–Trinajstić information content (AvgIpc) is 3.39. The van der Waals surface area contributed by atoms with E-state index >= 15 is 0 Å². The lowest BCUT2D eigenvalue weighted by molar-refractivity contribution is -0.117. The van der Waals surface area contributed by atoms with Crippen LogP contribution in [-0.4, -0.2) is 43.0 Å². The molecule has 0 spiro atoms. The molecule has 1 aromatic rings. The Morgan fingerprint density at radius 3 is 2.54 bits per heavy atom. The molecule has 1 aliphatic heterocycles. The number of likely N-dealkylation sites (tertiary alicyclic amines) is 1. The van der Waals surface area contributed by atoms with Crippen LogP contribution < -0.4 is 10.6 Å². The average molecular weight is 329 g/mol. The van der Waals surface area contributed by atoms with Gasteiger partial charge >= 0.3 is 0 Å². The van der Waals surface area contributed by atoms with Gasteiger partial charge in [0.15, 0.2) is 0 Å². The molecule has 132 valence electrons. The van der Waals surface area contributed by atoms with Gasteiger partial charge in [0.2, 0.25) is 5.91 Å². The zero-order valence-electron chi connectivity index (χ0n) is 15.1. The molecule has 24 heavy (non-hydrogen) atoms. The van der Waals surface area contributed by atoms with Crippen molar-refractivity contribution in [1.82, 2.24) is 10.2 Å². The van der Waals surface area contributed by atoms with Gasteiger partial charge in [0.1, 0.15) is 0 Å². The fourth-order valence-electron chi connectivity index (χ4n) is 3.46. The Morgan fingerprint density at radius 2 is 1.88 bits per heavy atom. The molecule has 1 saturated carbocycles. The Bertz CT molecular complexity index is 546. The molecule has 3 rings (SSSR count). The SMILES string of the molecule is CC(C)c1ccccc1NC(=O)CN1CCC(NCC2CC2)CC1. The van der Waals surface area contributed by atoms with Crippen molar-refractivity contribution in [2.24, 2.45) is 5.92 Å². The van der Waals surface area contributed by atoms with Crippen LogP contribution in [0.15, 0.2) is 24.3 Å². The predicted octanol–water partition coefficient (Wildman–Crippen LogP) is 3.21. The van der Waals surface area contributed by atoms with Gasteiger partial charge in [0, 0.05) is 24.8 Å². The number of para-hydroxylation sites is 1. The Morgan fingerprint density at radius 1 is 1.17 bits per heavy atom. The zero-order valence-corrected chi connectivity index (χ0v) is 15.1. The van der Waals surface area contributed by atoms with E-state index in [9.17, 15) is 4.79 Å². The van der Waals surface area contributed by atoms with Crippen molar-refractivity contribution < 1.29 is 4.79 Å². The molecule has 2 aliphatic rings. The van der Waals surface area contributed by atoms with Crippen LogP contribution in [0.25, 0.3) is 0 Å². The van der Waals surface area contributed by atoms with E-state index in [0.717, 1.165) is 37.5 Å². The van der Waals surface area contributed by atoms with Crippen LogP contribution >= 0.6 is 0 Å². The number of carbonyl (C=O) groups excluding carboxylic acids is 1. The highest BCUT2D eigenvalue weighted by atomic mass is 16.2. The molecule has 0 atom stereocenters. The van der Waals surface area contributed by atoms with E-state index in [-0.39, 0.29) is 5.91 Å². The maximum Gasteiger partial charge on any atom is 0.238 e. The largest absolute Gasteiger partial charge is 0.325 e. The van der Waals surface area contributed by atoms with Crippen molar-refractivity contribution in [1.29, 1.82) is 0 Å². The molecule has 2 N–H and O–H groups in total. The molecule has 1 aliphatic carbocycles. The third kappa shape index (κ3) is 5.05. The highest BCUT2D eigenvalue weighted by Crippen LogP contribution is 2.28. The predicted molar refractivity (Wildman–Crippen MR) is 99.3 cm³/mol. The van der Waals surface area contributed by atoms with Crippen molar-refractivity contribution in [2.75, 3.05) is 31.5 Å². The van der Waals surface area contributed by atoms with Crippen LogP contribution in [0.4, 0.5) is 5.69 Å². The smallest absolute Gasteiger partial charge is 0.238 e. The second-order valence-corrected chi connectivity index (χ2v) is 7.69. The summed E-state index contributed by atoms with van der Waals surface area (Å²) in [5, 5.41) is 6.79. The van der Waals surface area contributed by atoms with E-state index in [1.54, 1.807) is 0 Å². The Labute approximate surface area is 146 Å². The summed E-state index contributed by atoms with van der Waals surface area (Å²) in [6.45, 7) is 8.04. The second kappa shape index (κ2) is 8.13. The molecular formula is C20H31N3O. The van der Waals surface area contributed by atoms with Crippen molar-refractivity contribution in [2.45, 2.75) is 51.5 Å². The maximum atomic E-state index is 12.4. The van der Waals surface area contributed by atoms with Crippen molar-refractivity contribution in [3.8, 4) is 0 Å². The molecule has 0 bridgehead atoms. The molecule has 1 heterocycles. The number of nitrogens with one attached hydrogen (secondary N) is 2. The summed E-state index contributed by atoms with van der Waals surface area (Å²) in [5.41, 5.74) is 2.16. The Kier molecular flexibility index (Phi) is 5.90. The van der Waals surface area contributed by atoms with Gasteiger partial charge in [-0.2, -0.15) is 0 Å². The van der Waals surface area contributed by atoms with E-state index in [2.05, 4.69) is 35.4 Å². The number of rotatable bonds is 7. The van der Waals surface area contributed by atoms with Crippen LogP contribution in [-0.2, 0) is 4.79 Å². The zero-order chi connectivity index (χ0) is 16.9. The van der Waals surface area contributed by atoms with Crippen LogP contribution in [0.1, 0.15) is 51.0 Å². The lowest BCUT2D eigenvalue weighted by Crippen LogP contribution is -2.45. The van der Waals surface area contributed by atoms with Gasteiger partial charge in [-0.25, -0.2) is 0 Å². The van der Waals surface area contributed by atoms with Gasteiger partial charge in [-0.15, -0.1) is 0 Å². The molecule has 4 nitrogen and oxygen atoms in total. The molecule has 0 unspecified atom stereocenters. The number of amides is 1. The number of anilines is 1. The number of carbonyl (C=O) groups is 1. The van der Waals surface area contributed by atoms with Crippen molar-refractivity contribution in [3.63, 3.8) is 0 Å². The minimum absolute atomic E-state index is 0.104. The first-order chi connectivity index (χ1) is 11.6. The molecule has 2 fully saturated rings. The lowest BCUT2D eigenvalue weighted by atomic mass is 10.0. The highest BCUT2D eigenvalue weighted by Gasteiger charge is 2.25. The summed E-state index contributed by atoms with van der Waals surface area (Å²) in [6, 6.07) is 8.76. The van der Waals surface area contributed by atoms with Crippen molar-refractivity contribution >= 4 is 11.6 Å². The summed E-state index contributed by atoms with van der Waals surface area (Å²) in [7, 11) is 0. The van der Waals surface area contributed by atoms with E-state index < -0.39 is 0 Å². The van der Waals surface area contributed by atoms with E-state index in [4.69, 9.17) is 0 Å². The number of nitrogens with zero attached hydrogens (tertiary/aromatic N) is 1. The molecule has 1 aromatic carbocycles. The van der Waals surface area contributed by atoms with E-state index in [1.807, 2.05) is 18.2 Å². The Hall–Kier alpha value is -1.39. The van der Waals surface area contributed by atoms with Crippen LogP contribution in [0, 0.1) is 5.92 Å². The van der Waals surface area contributed by atoms with Gasteiger partial charge in [-0.1, -0.05) is 32.0 Å². The fourth-order valence-corrected chi connectivity index (χ4v) is 3.46. The minimum Gasteiger partial charge on any atom is -0.325 e. The van der Waals surface area contributed by atoms with Crippen LogP contribution in [0.2, 0.25) is 0 Å². The molecule has 1 amide bonds. The maximum absolute atomic E-state index is 12.4. The molecule has 4 heteroatoms. The first-order valence-electron chi connectivity index (χ1n) is 9.46. The van der Waals surface area contributed by atoms with Crippen LogP contribution in [0.3, 0.4) is 0 Å². The third-order valence-electron chi connectivity index (χ3n) is 5.20. The summed E-state index contributed by atoms with van der Waals surface area (Å²) in [6.07, 6.45) is 5.12. The van der Waals surface area contributed by atoms with Gasteiger partial charge in [0.05, 0.1) is 6.54 Å². The fraction of sp³-hybridized carbons (Fsp3) is 0.650. The molecule has 0 radical (unpaired) electrons. The summed E-state index contributed by atoms with van der Waals surface area (Å²) in [5.74, 6) is 1.46. The van der Waals surface area contributed by atoms with Crippen molar-refractivity contribution in [3.05, 3.63) is 29.8 Å². The van der Waals surface area contributed by atoms with Gasteiger partial charge < -0.3 is 10.6 Å². The second-order valence-electron chi connectivity index (χ2n) is 7.69. The highest BCUT2D eigenvalue weighted by molar-refractivity contribution is 5.93. The van der Waals surface area contributed by atoms with Crippen LogP contribution in [0.5, 0.6) is 0 Å². The summed E-state index contributed by atoms with van der Waals surface area (Å²) >= 11 is 0. The number of hydrogen-bond acceptors (Lipinski definition) is 3. The van der Waals surface area contributed by atoms with E-state index in [1.165, 1.54) is 24.9 Å². The number of hydrogen-bond donors (Lipinski definition) is 2. The first-order valence-corrected chi connectivity index (χ1v) is 9.46. The monoisotopic (exact) mass is 329 g/mol. The molecule has 0 aromatic heterocycles. The summed E-state index contributed by atoms with van der Waals surface area (Å²) < 4.78 is 0. The number of benzene rings is 1. The molecule has 1 saturated heterocycles. The lowest BCUT2D eigenvalue weighted by Gasteiger charge is -2.32. The molecular weight excluding hydrogens is 298 g/mol. The summed E-state index contributed by atoms with van der Waals surface area (Å²) in [4.78, 5) is 14.7. The minimum atomic E-state index is 0.104. The van der Waals surface area contributed by atoms with E-state index in [0.29, 0.717) is 18.5 Å². The van der Waals surface area contributed by atoms with Gasteiger partial charge in [-0.3, -0.25) is 9.69 Å². The van der Waals surface area contributed by atoms with Gasteiger partial charge in [-0.05, 0) is 55.7 Å². The Balaban J connectivity index is 1.42. The first kappa shape index (κ1) is 17.4. The normalized spacial score (nSPS) is 19.6. The third-order valence-corrected chi connectivity index (χ3v) is 5.20. The standard InChI is InChI=1S/C20H31N3O/c1-15(2)18-5-3-4-6-19(18)22-20(24)14-23-11-9-17(10-12-23)21-13-16-7-8-16/h3-6,15-17,21H,7-14H2,1-2H3,(H,22,24). The number of piperidine rings is 1. The topological polar surface area (TPSA) is 44.4 Å².